The maximum atomic E-state index is 14.0. The Morgan fingerprint density at radius 1 is 1.00 bits per heavy atom. The molecule has 0 saturated carbocycles. The van der Waals surface area contributed by atoms with Crippen molar-refractivity contribution in [2.45, 2.75) is 77.3 Å². The molecule has 56 heavy (non-hydrogen) atoms. The topological polar surface area (TPSA) is 132 Å². The molecule has 0 unspecified atom stereocenters. The summed E-state index contributed by atoms with van der Waals surface area (Å²) >= 11 is 2.09. The van der Waals surface area contributed by atoms with Gasteiger partial charge >= 0.3 is 13.2 Å². The molecule has 4 atom stereocenters. The molecule has 3 aromatic rings. The van der Waals surface area contributed by atoms with Crippen LogP contribution in [0.25, 0.3) is 6.08 Å². The van der Waals surface area contributed by atoms with Gasteiger partial charge in [-0.05, 0) is 105 Å². The number of likely N-dealkylation sites (tertiary alicyclic amines) is 1. The summed E-state index contributed by atoms with van der Waals surface area (Å²) in [7, 11) is -1.53. The van der Waals surface area contributed by atoms with Crippen molar-refractivity contribution in [3.63, 3.8) is 0 Å². The lowest BCUT2D eigenvalue weighted by molar-refractivity contribution is -0.137. The number of methoxy groups -OCH3 is 2. The number of hydrogen-bond donors (Lipinski definition) is 2. The molecule has 2 fully saturated rings. The molecule has 2 heterocycles. The molecule has 3 aromatic carbocycles. The molecule has 0 radical (unpaired) electrons. The number of carbonyl (C=O) groups is 3. The first-order valence-corrected chi connectivity index (χ1v) is 22.3. The second-order valence-corrected chi connectivity index (χ2v) is 21.4. The first-order chi connectivity index (χ1) is 26.7. The molecule has 13 heteroatoms. The highest BCUT2D eigenvalue weighted by molar-refractivity contribution is 14.1. The number of phenols is 1. The second kappa shape index (κ2) is 17.4. The van der Waals surface area contributed by atoms with E-state index < -0.39 is 57.2 Å². The Kier molecular flexibility index (Phi) is 13.0. The maximum absolute atomic E-state index is 14.0. The number of benzene rings is 3. The third-order valence-corrected chi connectivity index (χ3v) is 17.3. The van der Waals surface area contributed by atoms with Crippen molar-refractivity contribution in [2.75, 3.05) is 20.8 Å². The van der Waals surface area contributed by atoms with Crippen LogP contribution in [0.2, 0.25) is 11.4 Å². The third kappa shape index (κ3) is 8.02. The lowest BCUT2D eigenvalue weighted by atomic mass is 9.58. The number of nitrogens with zero attached hydrogens (tertiary/aromatic N) is 1. The molecule has 3 aliphatic rings. The zero-order valence-electron chi connectivity index (χ0n) is 32.9. The Morgan fingerprint density at radius 3 is 2.21 bits per heavy atom. The molecule has 1 aliphatic carbocycles. The number of allylic oxidation sites excluding steroid dienone is 1. The zero-order valence-corrected chi connectivity index (χ0v) is 36.1. The van der Waals surface area contributed by atoms with Gasteiger partial charge in [-0.1, -0.05) is 106 Å². The van der Waals surface area contributed by atoms with Crippen LogP contribution < -0.4 is 15.1 Å². The number of hydrogen-bond acceptors (Lipinski definition) is 9. The number of halogens is 1. The molecule has 0 aromatic heterocycles. The van der Waals surface area contributed by atoms with Crippen molar-refractivity contribution in [3.8, 4) is 11.5 Å². The van der Waals surface area contributed by atoms with Crippen LogP contribution in [0, 0.1) is 21.3 Å². The summed E-state index contributed by atoms with van der Waals surface area (Å²) in [5, 5.41) is 23.6. The van der Waals surface area contributed by atoms with Gasteiger partial charge in [-0.2, -0.15) is 4.90 Å². The molecule has 10 nitrogen and oxygen atoms in total. The summed E-state index contributed by atoms with van der Waals surface area (Å²) in [6.07, 6.45) is 3.69. The van der Waals surface area contributed by atoms with Crippen molar-refractivity contribution in [2.24, 2.45) is 17.8 Å². The summed E-state index contributed by atoms with van der Waals surface area (Å²) in [5.41, 5.74) is 3.79. The van der Waals surface area contributed by atoms with Crippen LogP contribution in [-0.2, 0) is 23.4 Å². The van der Waals surface area contributed by atoms with Gasteiger partial charge in [-0.25, -0.2) is 4.79 Å². The number of ether oxygens (including phenoxy) is 2. The highest BCUT2D eigenvalue weighted by Crippen LogP contribution is 2.51. The van der Waals surface area contributed by atoms with E-state index in [-0.39, 0.29) is 30.1 Å². The lowest BCUT2D eigenvalue weighted by Gasteiger charge is -2.46. The summed E-state index contributed by atoms with van der Waals surface area (Å²) in [4.78, 5) is 41.4. The molecule has 6 rings (SSSR count). The Morgan fingerprint density at radius 2 is 1.64 bits per heavy atom. The normalized spacial score (nSPS) is 21.6. The Hall–Kier alpha value is -3.76. The number of imide groups is 3. The average Bonchev–Trinajstić information content (AvgIpc) is 3.43. The summed E-state index contributed by atoms with van der Waals surface area (Å²) in [5.74, 6) is -2.89. The monoisotopic (exact) mass is 891 g/mol. The van der Waals surface area contributed by atoms with Gasteiger partial charge in [0.05, 0.1) is 42.3 Å². The van der Waals surface area contributed by atoms with Gasteiger partial charge < -0.3 is 28.7 Å². The van der Waals surface area contributed by atoms with E-state index in [1.165, 1.54) is 7.11 Å². The zero-order chi connectivity index (χ0) is 40.4. The number of phenolic OH excluding ortho intramolecular Hbond substituents is 1. The van der Waals surface area contributed by atoms with E-state index in [0.717, 1.165) is 52.6 Å². The molecule has 2 aliphatic heterocycles. The number of fused-ring (bicyclic) bond motifs is 3. The van der Waals surface area contributed by atoms with Crippen molar-refractivity contribution in [3.05, 3.63) is 98.6 Å². The van der Waals surface area contributed by atoms with E-state index in [0.29, 0.717) is 27.1 Å². The van der Waals surface area contributed by atoms with E-state index in [2.05, 4.69) is 80.6 Å². The van der Waals surface area contributed by atoms with E-state index in [9.17, 15) is 24.5 Å². The predicted octanol–water partition coefficient (Wildman–Crippen LogP) is 7.11. The quantitative estimate of drug-likeness (QED) is 0.0846. The average molecular weight is 892 g/mol. The Bertz CT molecular complexity index is 1960. The SMILES string of the molecule is CCC/C(=C\c1cc(I)c(O)c(OC)c1)CC[C@H]1OB(O)C[C@H]2C1=C(CO[Si](c1ccccc1)(c1ccccc1)C(C)(C)C)C[C@H]1C(=O)N(C(=O)OC)C(=O)[C@H]12. The smallest absolute Gasteiger partial charge is 0.455 e. The number of rotatable bonds is 12. The van der Waals surface area contributed by atoms with Crippen molar-refractivity contribution in [1.82, 2.24) is 4.90 Å². The van der Waals surface area contributed by atoms with Crippen molar-refractivity contribution >= 4 is 72.4 Å². The fourth-order valence-corrected chi connectivity index (χ4v) is 14.3. The fraction of sp³-hybridized carbons (Fsp3) is 0.419. The Balaban J connectivity index is 1.44. The van der Waals surface area contributed by atoms with Crippen LogP contribution in [-0.4, -0.2) is 75.3 Å². The van der Waals surface area contributed by atoms with Crippen LogP contribution in [0.3, 0.4) is 0 Å². The lowest BCUT2D eigenvalue weighted by Crippen LogP contribution is -2.66. The van der Waals surface area contributed by atoms with Gasteiger partial charge in [0.1, 0.15) is 0 Å². The van der Waals surface area contributed by atoms with E-state index >= 15 is 0 Å². The minimum absolute atomic E-state index is 0.0963. The van der Waals surface area contributed by atoms with Crippen LogP contribution in [0.1, 0.15) is 65.4 Å². The van der Waals surface area contributed by atoms with E-state index in [4.69, 9.17) is 18.6 Å². The molecule has 0 spiro atoms. The maximum Gasteiger partial charge on any atom is 0.455 e. The first-order valence-electron chi connectivity index (χ1n) is 19.3. The van der Waals surface area contributed by atoms with Gasteiger partial charge in [0.2, 0.25) is 11.8 Å². The first kappa shape index (κ1) is 41.9. The van der Waals surface area contributed by atoms with Gasteiger partial charge in [0.25, 0.3) is 8.32 Å². The minimum atomic E-state index is -3.03. The molecule has 2 N–H and O–H groups in total. The molecule has 0 bridgehead atoms. The Labute approximate surface area is 344 Å². The van der Waals surface area contributed by atoms with E-state index in [1.54, 1.807) is 0 Å². The largest absolute Gasteiger partial charge is 0.504 e. The van der Waals surface area contributed by atoms with Gasteiger partial charge in [-0.3, -0.25) is 9.59 Å². The molecular weight excluding hydrogens is 840 g/mol. The fourth-order valence-electron chi connectivity index (χ4n) is 9.10. The van der Waals surface area contributed by atoms with Crippen LogP contribution >= 0.6 is 22.6 Å². The van der Waals surface area contributed by atoms with Gasteiger partial charge in [-0.15, -0.1) is 0 Å². The minimum Gasteiger partial charge on any atom is -0.504 e. The summed E-state index contributed by atoms with van der Waals surface area (Å²) in [6, 6.07) is 24.4. The van der Waals surface area contributed by atoms with Crippen molar-refractivity contribution < 1.29 is 43.1 Å². The van der Waals surface area contributed by atoms with Crippen molar-refractivity contribution in [1.29, 1.82) is 0 Å². The number of amides is 3. The summed E-state index contributed by atoms with van der Waals surface area (Å²) < 4.78 is 24.8. The van der Waals surface area contributed by atoms with E-state index in [1.807, 2.05) is 48.5 Å². The molecular formula is C43H51BINO9Si. The van der Waals surface area contributed by atoms with Crippen LogP contribution in [0.15, 0.2) is 89.5 Å². The standard InChI is InChI=1S/C43H51BINO9Si/c1-7-14-27(21-28-22-34(45)39(47)36(23-28)52-5)19-20-35-37-29(24-32-38(33(37)25-44(51)55-35)41(49)46(40(32)48)42(50)53-6)26-54-56(43(2,3)4,30-15-10-8-11-16-30)31-17-12-9-13-18-31/h8-13,15-18,21-23,32-33,35,38,47,51H,7,14,19-20,24-26H2,1-6H3/b27-21+/t32-,33+,35-,38-/m1/s1. The number of aromatic hydroxyl groups is 1. The summed E-state index contributed by atoms with van der Waals surface area (Å²) in [6.45, 7) is 8.92. The second-order valence-electron chi connectivity index (χ2n) is 15.9. The highest BCUT2D eigenvalue weighted by atomic mass is 127. The van der Waals surface area contributed by atoms with Gasteiger partial charge in [0.15, 0.2) is 11.5 Å². The molecule has 296 valence electrons. The molecule has 3 amide bonds. The van der Waals surface area contributed by atoms with Gasteiger partial charge in [0, 0.05) is 0 Å². The number of carbonyl (C=O) groups excluding carboxylic acids is 3. The molecule has 2 saturated heterocycles. The predicted molar refractivity (Wildman–Crippen MR) is 227 cm³/mol. The third-order valence-electron chi connectivity index (χ3n) is 11.5. The van der Waals surface area contributed by atoms with Crippen LogP contribution in [0.5, 0.6) is 11.5 Å². The van der Waals surface area contributed by atoms with Crippen LogP contribution in [0.4, 0.5) is 4.79 Å². The highest BCUT2D eigenvalue weighted by Gasteiger charge is 2.60.